The molecule has 122 valence electrons. The third-order valence-electron chi connectivity index (χ3n) is 4.88. The van der Waals surface area contributed by atoms with Gasteiger partial charge in [0.2, 0.25) is 0 Å². The summed E-state index contributed by atoms with van der Waals surface area (Å²) >= 11 is 0. The second-order valence-electron chi connectivity index (χ2n) is 6.98. The molecule has 0 aliphatic heterocycles. The number of fused-ring (bicyclic) bond motifs is 3. The van der Waals surface area contributed by atoms with Gasteiger partial charge in [0.05, 0.1) is 13.2 Å². The third kappa shape index (κ3) is 2.66. The van der Waals surface area contributed by atoms with Crippen LogP contribution in [-0.4, -0.2) is 23.2 Å². The number of pyridine rings is 2. The molecular weight excluding hydrogens is 300 g/mol. The van der Waals surface area contributed by atoms with Crippen molar-refractivity contribution in [3.63, 3.8) is 0 Å². The highest BCUT2D eigenvalue weighted by Gasteiger charge is 2.23. The topological polar surface area (TPSA) is 44.2 Å². The van der Waals surface area contributed by atoms with Gasteiger partial charge in [-0.05, 0) is 61.8 Å². The Labute approximate surface area is 140 Å². The minimum absolute atomic E-state index is 0.731. The van der Waals surface area contributed by atoms with Crippen molar-refractivity contribution in [2.24, 2.45) is 11.8 Å². The van der Waals surface area contributed by atoms with Crippen molar-refractivity contribution in [3.8, 4) is 11.5 Å². The van der Waals surface area contributed by atoms with E-state index in [1.165, 1.54) is 25.7 Å². The molecule has 2 aliphatic carbocycles. The lowest BCUT2D eigenvalue weighted by atomic mass is 10.1. The van der Waals surface area contributed by atoms with Crippen LogP contribution in [0.5, 0.6) is 11.5 Å². The minimum atomic E-state index is 0.731. The Morgan fingerprint density at radius 1 is 0.708 bits per heavy atom. The van der Waals surface area contributed by atoms with E-state index in [4.69, 9.17) is 9.47 Å². The first-order valence-corrected chi connectivity index (χ1v) is 8.80. The van der Waals surface area contributed by atoms with E-state index in [1.54, 1.807) is 0 Å². The van der Waals surface area contributed by atoms with Crippen molar-refractivity contribution in [2.45, 2.75) is 25.7 Å². The fraction of sp³-hybridized carbons (Fsp3) is 0.400. The Balaban J connectivity index is 1.55. The van der Waals surface area contributed by atoms with Gasteiger partial charge in [-0.15, -0.1) is 0 Å². The molecule has 2 heterocycles. The summed E-state index contributed by atoms with van der Waals surface area (Å²) in [6.45, 7) is 1.60. The maximum absolute atomic E-state index is 6.01. The molecule has 4 nitrogen and oxygen atoms in total. The second kappa shape index (κ2) is 5.62. The predicted molar refractivity (Wildman–Crippen MR) is 93.5 cm³/mol. The first-order valence-electron chi connectivity index (χ1n) is 8.80. The molecule has 0 amide bonds. The first-order chi connectivity index (χ1) is 11.9. The summed E-state index contributed by atoms with van der Waals surface area (Å²) < 4.78 is 12.0. The second-order valence-corrected chi connectivity index (χ2v) is 6.98. The van der Waals surface area contributed by atoms with Gasteiger partial charge >= 0.3 is 0 Å². The Morgan fingerprint density at radius 2 is 1.17 bits per heavy atom. The van der Waals surface area contributed by atoms with E-state index in [0.29, 0.717) is 0 Å². The monoisotopic (exact) mass is 320 g/mol. The lowest BCUT2D eigenvalue weighted by Crippen LogP contribution is -2.01. The van der Waals surface area contributed by atoms with Crippen molar-refractivity contribution in [3.05, 3.63) is 36.7 Å². The van der Waals surface area contributed by atoms with Crippen molar-refractivity contribution in [2.75, 3.05) is 13.2 Å². The summed E-state index contributed by atoms with van der Waals surface area (Å²) in [5, 5.41) is 2.05. The SMILES string of the molecule is c1cc(OCC2CC2)c2ccc3c(OCC4CC4)ccnc3c2n1. The normalized spacial score (nSPS) is 17.3. The molecule has 2 fully saturated rings. The fourth-order valence-electron chi connectivity index (χ4n) is 3.01. The lowest BCUT2D eigenvalue weighted by molar-refractivity contribution is 0.302. The first kappa shape index (κ1) is 14.0. The summed E-state index contributed by atoms with van der Waals surface area (Å²) in [5.41, 5.74) is 1.77. The molecule has 24 heavy (non-hydrogen) atoms. The Morgan fingerprint density at radius 3 is 1.58 bits per heavy atom. The molecule has 0 spiro atoms. The Kier molecular flexibility index (Phi) is 3.28. The van der Waals surface area contributed by atoms with Gasteiger partial charge in [-0.1, -0.05) is 0 Å². The van der Waals surface area contributed by atoms with E-state index in [1.807, 2.05) is 24.5 Å². The van der Waals surface area contributed by atoms with Crippen LogP contribution in [0.25, 0.3) is 21.8 Å². The molecule has 1 aromatic carbocycles. The number of ether oxygens (including phenoxy) is 2. The van der Waals surface area contributed by atoms with Crippen LogP contribution in [0.1, 0.15) is 25.7 Å². The van der Waals surface area contributed by atoms with Crippen molar-refractivity contribution in [1.29, 1.82) is 0 Å². The van der Waals surface area contributed by atoms with Gasteiger partial charge in [0.1, 0.15) is 22.5 Å². The molecule has 0 saturated heterocycles. The number of benzene rings is 1. The highest BCUT2D eigenvalue weighted by molar-refractivity contribution is 6.06. The summed E-state index contributed by atoms with van der Waals surface area (Å²) in [7, 11) is 0. The van der Waals surface area contributed by atoms with Crippen LogP contribution < -0.4 is 9.47 Å². The zero-order chi connectivity index (χ0) is 15.9. The smallest absolute Gasteiger partial charge is 0.130 e. The number of hydrogen-bond donors (Lipinski definition) is 0. The minimum Gasteiger partial charge on any atom is -0.493 e. The molecule has 2 saturated carbocycles. The average Bonchev–Trinajstić information content (AvgIpc) is 3.52. The van der Waals surface area contributed by atoms with Crippen LogP contribution in [0.15, 0.2) is 36.7 Å². The quantitative estimate of drug-likeness (QED) is 0.633. The van der Waals surface area contributed by atoms with Gasteiger partial charge < -0.3 is 9.47 Å². The van der Waals surface area contributed by atoms with E-state index in [2.05, 4.69) is 22.1 Å². The molecule has 3 aromatic rings. The zero-order valence-electron chi connectivity index (χ0n) is 13.6. The molecule has 0 unspecified atom stereocenters. The van der Waals surface area contributed by atoms with Crippen LogP contribution >= 0.6 is 0 Å². The van der Waals surface area contributed by atoms with Crippen molar-refractivity contribution in [1.82, 2.24) is 9.97 Å². The molecule has 2 aromatic heterocycles. The molecule has 0 atom stereocenters. The predicted octanol–water partition coefficient (Wildman–Crippen LogP) is 4.36. The van der Waals surface area contributed by atoms with Crippen LogP contribution in [0.2, 0.25) is 0 Å². The summed E-state index contributed by atoms with van der Waals surface area (Å²) in [4.78, 5) is 9.13. The summed E-state index contributed by atoms with van der Waals surface area (Å²) in [6, 6.07) is 8.06. The van der Waals surface area contributed by atoms with E-state index in [0.717, 1.165) is 58.4 Å². The summed E-state index contributed by atoms with van der Waals surface area (Å²) in [5.74, 6) is 3.27. The molecule has 0 N–H and O–H groups in total. The Hall–Kier alpha value is -2.36. The number of hydrogen-bond acceptors (Lipinski definition) is 4. The van der Waals surface area contributed by atoms with Crippen molar-refractivity contribution >= 4 is 21.8 Å². The van der Waals surface area contributed by atoms with E-state index in [-0.39, 0.29) is 0 Å². The fourth-order valence-corrected chi connectivity index (χ4v) is 3.01. The highest BCUT2D eigenvalue weighted by Crippen LogP contribution is 2.36. The number of aromatic nitrogens is 2. The maximum atomic E-state index is 6.01. The van der Waals surface area contributed by atoms with E-state index in [9.17, 15) is 0 Å². The van der Waals surface area contributed by atoms with Gasteiger partial charge in [0.25, 0.3) is 0 Å². The van der Waals surface area contributed by atoms with Gasteiger partial charge in [-0.2, -0.15) is 0 Å². The maximum Gasteiger partial charge on any atom is 0.130 e. The number of rotatable bonds is 6. The highest BCUT2D eigenvalue weighted by atomic mass is 16.5. The standard InChI is InChI=1S/C20H20N2O2/c1-2-13(1)11-23-17-7-9-21-19-15(17)5-6-16-18(8-10-22-20(16)19)24-12-14-3-4-14/h5-10,13-14H,1-4,11-12H2. The van der Waals surface area contributed by atoms with Gasteiger partial charge in [0, 0.05) is 23.2 Å². The van der Waals surface area contributed by atoms with Crippen molar-refractivity contribution < 1.29 is 9.47 Å². The van der Waals surface area contributed by atoms with Crippen LogP contribution in [0.4, 0.5) is 0 Å². The van der Waals surface area contributed by atoms with E-state index < -0.39 is 0 Å². The molecule has 5 rings (SSSR count). The molecule has 0 radical (unpaired) electrons. The zero-order valence-corrected chi connectivity index (χ0v) is 13.6. The molecule has 0 bridgehead atoms. The van der Waals surface area contributed by atoms with Gasteiger partial charge in [-0.3, -0.25) is 9.97 Å². The molecular formula is C20H20N2O2. The Bertz CT molecular complexity index is 826. The van der Waals surface area contributed by atoms with Gasteiger partial charge in [-0.25, -0.2) is 0 Å². The molecule has 4 heteroatoms. The molecule has 2 aliphatic rings. The summed E-state index contributed by atoms with van der Waals surface area (Å²) in [6.07, 6.45) is 8.77. The average molecular weight is 320 g/mol. The lowest BCUT2D eigenvalue weighted by Gasteiger charge is -2.12. The number of nitrogens with zero attached hydrogens (tertiary/aromatic N) is 2. The van der Waals surface area contributed by atoms with E-state index >= 15 is 0 Å². The van der Waals surface area contributed by atoms with Crippen LogP contribution in [-0.2, 0) is 0 Å². The van der Waals surface area contributed by atoms with Gasteiger partial charge in [0.15, 0.2) is 0 Å². The third-order valence-corrected chi connectivity index (χ3v) is 4.88. The van der Waals surface area contributed by atoms with Crippen LogP contribution in [0.3, 0.4) is 0 Å². The van der Waals surface area contributed by atoms with Crippen LogP contribution in [0, 0.1) is 11.8 Å². The largest absolute Gasteiger partial charge is 0.493 e.